The highest BCUT2D eigenvalue weighted by Crippen LogP contribution is 2.17. The summed E-state index contributed by atoms with van der Waals surface area (Å²) in [6, 6.07) is 6.29. The van der Waals surface area contributed by atoms with E-state index in [9.17, 15) is 9.18 Å². The van der Waals surface area contributed by atoms with Gasteiger partial charge in [-0.15, -0.1) is 12.3 Å². The van der Waals surface area contributed by atoms with E-state index in [2.05, 4.69) is 5.92 Å². The number of esters is 1. The predicted octanol–water partition coefficient (Wildman–Crippen LogP) is 3.19. The summed E-state index contributed by atoms with van der Waals surface area (Å²) in [4.78, 5) is 11.4. The van der Waals surface area contributed by atoms with Crippen molar-refractivity contribution < 1.29 is 13.9 Å². The zero-order valence-electron chi connectivity index (χ0n) is 10.3. The second-order valence-corrected chi connectivity index (χ2v) is 3.78. The summed E-state index contributed by atoms with van der Waals surface area (Å²) in [5.74, 6) is 1.63. The lowest BCUT2D eigenvalue weighted by Gasteiger charge is -2.04. The van der Waals surface area contributed by atoms with Crippen molar-refractivity contribution in [3.05, 3.63) is 41.7 Å². The summed E-state index contributed by atoms with van der Waals surface area (Å²) < 4.78 is 18.4. The van der Waals surface area contributed by atoms with Crippen LogP contribution in [-0.2, 0) is 9.53 Å². The van der Waals surface area contributed by atoms with Gasteiger partial charge in [0.05, 0.1) is 6.61 Å². The Hall–Kier alpha value is -2.08. The maximum atomic E-state index is 13.4. The van der Waals surface area contributed by atoms with Crippen LogP contribution in [0.4, 0.5) is 4.39 Å². The van der Waals surface area contributed by atoms with Crippen molar-refractivity contribution in [3.63, 3.8) is 0 Å². The lowest BCUT2D eigenvalue weighted by atomic mass is 10.1. The van der Waals surface area contributed by atoms with E-state index in [1.54, 1.807) is 25.1 Å². The van der Waals surface area contributed by atoms with Crippen LogP contribution in [0.5, 0.6) is 0 Å². The molecule has 0 fully saturated rings. The fourth-order valence-corrected chi connectivity index (χ4v) is 1.42. The van der Waals surface area contributed by atoms with Gasteiger partial charge in [0, 0.05) is 18.1 Å². The van der Waals surface area contributed by atoms with E-state index in [1.165, 1.54) is 12.1 Å². The Labute approximate surface area is 106 Å². The molecule has 0 radical (unpaired) electrons. The topological polar surface area (TPSA) is 26.3 Å². The average molecular weight is 246 g/mol. The first-order chi connectivity index (χ1) is 8.65. The van der Waals surface area contributed by atoms with Gasteiger partial charge in [0.1, 0.15) is 5.82 Å². The van der Waals surface area contributed by atoms with Crippen molar-refractivity contribution in [2.24, 2.45) is 0 Å². The zero-order valence-corrected chi connectivity index (χ0v) is 10.3. The Kier molecular flexibility index (Phi) is 5.66. The first-order valence-corrected chi connectivity index (χ1v) is 5.68. The summed E-state index contributed by atoms with van der Waals surface area (Å²) in [5.41, 5.74) is 0.938. The Morgan fingerprint density at radius 2 is 2.22 bits per heavy atom. The van der Waals surface area contributed by atoms with Crippen LogP contribution in [0.25, 0.3) is 5.57 Å². The minimum Gasteiger partial charge on any atom is -0.462 e. The number of benzene rings is 1. The Bertz CT molecular complexity index is 484. The van der Waals surface area contributed by atoms with E-state index in [1.807, 2.05) is 0 Å². The molecule has 0 aliphatic rings. The van der Waals surface area contributed by atoms with Crippen LogP contribution in [0.1, 0.15) is 25.3 Å². The minimum atomic E-state index is -0.479. The first-order valence-electron chi connectivity index (χ1n) is 5.68. The molecule has 0 saturated carbocycles. The smallest absolute Gasteiger partial charge is 0.331 e. The number of halogens is 1. The molecule has 1 aromatic carbocycles. The van der Waals surface area contributed by atoms with E-state index in [0.717, 1.165) is 0 Å². The third-order valence-corrected chi connectivity index (χ3v) is 2.34. The monoisotopic (exact) mass is 246 g/mol. The quantitative estimate of drug-likeness (QED) is 0.345. The molecule has 0 bridgehead atoms. The van der Waals surface area contributed by atoms with Crippen molar-refractivity contribution >= 4 is 11.5 Å². The SMILES string of the molecule is C#CCCCOC(=O)C=C(C)c1ccccc1F. The molecule has 3 heteroatoms. The second kappa shape index (κ2) is 7.29. The first kappa shape index (κ1) is 14.0. The number of ether oxygens (including phenoxy) is 1. The Morgan fingerprint density at radius 1 is 1.50 bits per heavy atom. The fourth-order valence-electron chi connectivity index (χ4n) is 1.42. The number of terminal acetylenes is 1. The predicted molar refractivity (Wildman–Crippen MR) is 69.1 cm³/mol. The molecule has 1 aromatic rings. The summed E-state index contributed by atoms with van der Waals surface area (Å²) in [5, 5.41) is 0. The molecule has 18 heavy (non-hydrogen) atoms. The number of carbonyl (C=O) groups excluding carboxylic acids is 1. The van der Waals surface area contributed by atoms with Crippen LogP contribution in [0.3, 0.4) is 0 Å². The van der Waals surface area contributed by atoms with Crippen LogP contribution in [0, 0.1) is 18.2 Å². The molecular formula is C15H15FO2. The average Bonchev–Trinajstić information content (AvgIpc) is 2.35. The molecule has 2 nitrogen and oxygen atoms in total. The van der Waals surface area contributed by atoms with Crippen molar-refractivity contribution in [1.29, 1.82) is 0 Å². The van der Waals surface area contributed by atoms with Crippen LogP contribution >= 0.6 is 0 Å². The fraction of sp³-hybridized carbons (Fsp3) is 0.267. The van der Waals surface area contributed by atoms with E-state index < -0.39 is 5.97 Å². The van der Waals surface area contributed by atoms with Crippen molar-refractivity contribution in [2.45, 2.75) is 19.8 Å². The van der Waals surface area contributed by atoms with Crippen LogP contribution < -0.4 is 0 Å². The van der Waals surface area contributed by atoms with Gasteiger partial charge in [0.15, 0.2) is 0 Å². The maximum Gasteiger partial charge on any atom is 0.331 e. The van der Waals surface area contributed by atoms with Gasteiger partial charge in [-0.25, -0.2) is 9.18 Å². The van der Waals surface area contributed by atoms with Crippen molar-refractivity contribution in [3.8, 4) is 12.3 Å². The molecule has 0 spiro atoms. The highest BCUT2D eigenvalue weighted by atomic mass is 19.1. The molecule has 0 aromatic heterocycles. The molecule has 0 unspecified atom stereocenters. The molecule has 0 aliphatic carbocycles. The standard InChI is InChI=1S/C15H15FO2/c1-3-4-7-10-18-15(17)11-12(2)13-8-5-6-9-14(13)16/h1,5-6,8-9,11H,4,7,10H2,2H3. The number of unbranched alkanes of at least 4 members (excludes halogenated alkanes) is 1. The van der Waals surface area contributed by atoms with Gasteiger partial charge >= 0.3 is 5.97 Å². The second-order valence-electron chi connectivity index (χ2n) is 3.78. The number of hydrogen-bond donors (Lipinski definition) is 0. The molecule has 0 saturated heterocycles. The Balaban J connectivity index is 2.58. The van der Waals surface area contributed by atoms with E-state index in [-0.39, 0.29) is 12.4 Å². The highest BCUT2D eigenvalue weighted by Gasteiger charge is 2.05. The molecule has 0 atom stereocenters. The minimum absolute atomic E-state index is 0.282. The third kappa shape index (κ3) is 4.42. The molecule has 0 N–H and O–H groups in total. The lowest BCUT2D eigenvalue weighted by Crippen LogP contribution is -2.03. The molecule has 94 valence electrons. The van der Waals surface area contributed by atoms with Gasteiger partial charge in [0.25, 0.3) is 0 Å². The van der Waals surface area contributed by atoms with Gasteiger partial charge < -0.3 is 4.74 Å². The number of allylic oxidation sites excluding steroid dienone is 1. The van der Waals surface area contributed by atoms with E-state index >= 15 is 0 Å². The number of carbonyl (C=O) groups is 1. The summed E-state index contributed by atoms with van der Waals surface area (Å²) in [7, 11) is 0. The normalized spacial score (nSPS) is 10.8. The van der Waals surface area contributed by atoms with Crippen LogP contribution in [-0.4, -0.2) is 12.6 Å². The number of hydrogen-bond acceptors (Lipinski definition) is 2. The summed E-state index contributed by atoms with van der Waals surface area (Å²) >= 11 is 0. The maximum absolute atomic E-state index is 13.4. The third-order valence-electron chi connectivity index (χ3n) is 2.34. The lowest BCUT2D eigenvalue weighted by molar-refractivity contribution is -0.137. The van der Waals surface area contributed by atoms with Gasteiger partial charge in [-0.3, -0.25) is 0 Å². The molecular weight excluding hydrogens is 231 g/mol. The summed E-state index contributed by atoms with van der Waals surface area (Å²) in [6.07, 6.45) is 7.57. The van der Waals surface area contributed by atoms with Gasteiger partial charge in [-0.05, 0) is 25.0 Å². The largest absolute Gasteiger partial charge is 0.462 e. The zero-order chi connectivity index (χ0) is 13.4. The summed E-state index contributed by atoms with van der Waals surface area (Å²) in [6.45, 7) is 1.95. The van der Waals surface area contributed by atoms with Crippen LogP contribution in [0.15, 0.2) is 30.3 Å². The highest BCUT2D eigenvalue weighted by molar-refractivity contribution is 5.90. The van der Waals surface area contributed by atoms with Crippen LogP contribution in [0.2, 0.25) is 0 Å². The Morgan fingerprint density at radius 3 is 2.89 bits per heavy atom. The number of rotatable bonds is 5. The van der Waals surface area contributed by atoms with Crippen molar-refractivity contribution in [1.82, 2.24) is 0 Å². The molecule has 0 amide bonds. The molecule has 0 aliphatic heterocycles. The van der Waals surface area contributed by atoms with E-state index in [0.29, 0.717) is 24.0 Å². The molecule has 1 rings (SSSR count). The molecule has 0 heterocycles. The van der Waals surface area contributed by atoms with Crippen molar-refractivity contribution in [2.75, 3.05) is 6.61 Å². The van der Waals surface area contributed by atoms with E-state index in [4.69, 9.17) is 11.2 Å². The van der Waals surface area contributed by atoms with Gasteiger partial charge in [0.2, 0.25) is 0 Å². The van der Waals surface area contributed by atoms with Gasteiger partial charge in [-0.2, -0.15) is 0 Å². The van der Waals surface area contributed by atoms with Gasteiger partial charge in [-0.1, -0.05) is 18.2 Å².